The highest BCUT2D eigenvalue weighted by atomic mass is 16.5. The van der Waals surface area contributed by atoms with Gasteiger partial charge in [-0.25, -0.2) is 4.98 Å². The normalized spacial score (nSPS) is 20.7. The molecule has 0 spiro atoms. The second kappa shape index (κ2) is 7.60. The van der Waals surface area contributed by atoms with Gasteiger partial charge in [0.05, 0.1) is 12.8 Å². The third-order valence-corrected chi connectivity index (χ3v) is 5.51. The minimum absolute atomic E-state index is 0.601. The number of fused-ring (bicyclic) bond motifs is 1. The van der Waals surface area contributed by atoms with Crippen LogP contribution in [0.2, 0.25) is 0 Å². The molecule has 0 amide bonds. The lowest BCUT2D eigenvalue weighted by molar-refractivity contribution is 0.191. The first-order chi connectivity index (χ1) is 12.7. The van der Waals surface area contributed by atoms with E-state index in [0.717, 1.165) is 24.4 Å². The van der Waals surface area contributed by atoms with Crippen molar-refractivity contribution in [3.63, 3.8) is 0 Å². The van der Waals surface area contributed by atoms with Crippen LogP contribution in [0.5, 0.6) is 0 Å². The summed E-state index contributed by atoms with van der Waals surface area (Å²) < 4.78 is 6.96. The number of nitrogens with one attached hydrogen (secondary N) is 2. The molecule has 0 radical (unpaired) electrons. The average molecular weight is 353 g/mol. The SMILES string of the molecule is COCCNC1CCC(c2cnc3[nH]cc(-c4cnn(C)c4)c3c2)CC1. The molecule has 0 aliphatic heterocycles. The van der Waals surface area contributed by atoms with Gasteiger partial charge in [0, 0.05) is 61.8 Å². The van der Waals surface area contributed by atoms with E-state index in [2.05, 4.69) is 32.6 Å². The Morgan fingerprint density at radius 2 is 2.12 bits per heavy atom. The predicted octanol–water partition coefficient (Wildman–Crippen LogP) is 3.23. The van der Waals surface area contributed by atoms with Crippen molar-refractivity contribution in [1.29, 1.82) is 0 Å². The van der Waals surface area contributed by atoms with Crippen molar-refractivity contribution in [2.24, 2.45) is 7.05 Å². The van der Waals surface area contributed by atoms with E-state index in [9.17, 15) is 0 Å². The number of rotatable bonds is 6. The van der Waals surface area contributed by atoms with Crippen LogP contribution in [0.4, 0.5) is 0 Å². The van der Waals surface area contributed by atoms with Crippen LogP contribution in [-0.2, 0) is 11.8 Å². The Bertz CT molecular complexity index is 860. The largest absolute Gasteiger partial charge is 0.383 e. The van der Waals surface area contributed by atoms with Crippen molar-refractivity contribution in [3.05, 3.63) is 36.4 Å². The minimum atomic E-state index is 0.601. The molecule has 1 aliphatic rings. The second-order valence-corrected chi connectivity index (χ2v) is 7.27. The third-order valence-electron chi connectivity index (χ3n) is 5.51. The Morgan fingerprint density at radius 3 is 2.85 bits per heavy atom. The summed E-state index contributed by atoms with van der Waals surface area (Å²) in [6.45, 7) is 1.72. The van der Waals surface area contributed by atoms with Crippen molar-refractivity contribution in [3.8, 4) is 11.1 Å². The first kappa shape index (κ1) is 17.2. The number of methoxy groups -OCH3 is 1. The molecule has 1 saturated carbocycles. The molecular formula is C20H27N5O. The van der Waals surface area contributed by atoms with Crippen LogP contribution in [0, 0.1) is 0 Å². The van der Waals surface area contributed by atoms with E-state index in [0.29, 0.717) is 12.0 Å². The van der Waals surface area contributed by atoms with Gasteiger partial charge in [-0.05, 0) is 43.2 Å². The smallest absolute Gasteiger partial charge is 0.137 e. The summed E-state index contributed by atoms with van der Waals surface area (Å²) in [4.78, 5) is 7.97. The molecule has 0 unspecified atom stereocenters. The van der Waals surface area contributed by atoms with Gasteiger partial charge in [-0.2, -0.15) is 5.10 Å². The number of hydrogen-bond donors (Lipinski definition) is 2. The maximum absolute atomic E-state index is 5.13. The van der Waals surface area contributed by atoms with Crippen molar-refractivity contribution < 1.29 is 4.74 Å². The minimum Gasteiger partial charge on any atom is -0.383 e. The molecule has 3 heterocycles. The summed E-state index contributed by atoms with van der Waals surface area (Å²) in [5.74, 6) is 0.601. The monoisotopic (exact) mass is 353 g/mol. The summed E-state index contributed by atoms with van der Waals surface area (Å²) in [6.07, 6.45) is 12.9. The van der Waals surface area contributed by atoms with E-state index in [1.807, 2.05) is 30.3 Å². The number of ether oxygens (including phenoxy) is 1. The van der Waals surface area contributed by atoms with Crippen LogP contribution in [0.3, 0.4) is 0 Å². The Kier molecular flexibility index (Phi) is 5.04. The highest BCUT2D eigenvalue weighted by molar-refractivity contribution is 5.93. The zero-order valence-electron chi connectivity index (χ0n) is 15.5. The van der Waals surface area contributed by atoms with Crippen molar-refractivity contribution in [2.75, 3.05) is 20.3 Å². The van der Waals surface area contributed by atoms with E-state index in [-0.39, 0.29) is 0 Å². The third kappa shape index (κ3) is 3.52. The van der Waals surface area contributed by atoms with E-state index >= 15 is 0 Å². The number of aromatic amines is 1. The van der Waals surface area contributed by atoms with Gasteiger partial charge >= 0.3 is 0 Å². The quantitative estimate of drug-likeness (QED) is 0.668. The van der Waals surface area contributed by atoms with Crippen LogP contribution >= 0.6 is 0 Å². The lowest BCUT2D eigenvalue weighted by Crippen LogP contribution is -2.34. The maximum atomic E-state index is 5.13. The number of aryl methyl sites for hydroxylation is 1. The molecule has 0 saturated heterocycles. The fourth-order valence-electron chi connectivity index (χ4n) is 4.04. The van der Waals surface area contributed by atoms with Crippen molar-refractivity contribution >= 4 is 11.0 Å². The average Bonchev–Trinajstić information content (AvgIpc) is 3.28. The Hall–Kier alpha value is -2.18. The summed E-state index contributed by atoms with van der Waals surface area (Å²) in [5.41, 5.74) is 4.61. The van der Waals surface area contributed by atoms with Crippen LogP contribution < -0.4 is 5.32 Å². The lowest BCUT2D eigenvalue weighted by Gasteiger charge is -2.29. The molecule has 0 atom stereocenters. The van der Waals surface area contributed by atoms with Gasteiger partial charge in [-0.1, -0.05) is 0 Å². The van der Waals surface area contributed by atoms with Crippen molar-refractivity contribution in [2.45, 2.75) is 37.6 Å². The highest BCUT2D eigenvalue weighted by Gasteiger charge is 2.23. The molecule has 1 aliphatic carbocycles. The summed E-state index contributed by atoms with van der Waals surface area (Å²) in [6, 6.07) is 2.95. The number of nitrogens with zero attached hydrogens (tertiary/aromatic N) is 3. The fraction of sp³-hybridized carbons (Fsp3) is 0.500. The summed E-state index contributed by atoms with van der Waals surface area (Å²) >= 11 is 0. The fourth-order valence-corrected chi connectivity index (χ4v) is 4.04. The number of hydrogen-bond acceptors (Lipinski definition) is 4. The zero-order chi connectivity index (χ0) is 17.9. The van der Waals surface area contributed by atoms with Crippen LogP contribution in [0.15, 0.2) is 30.9 Å². The van der Waals surface area contributed by atoms with E-state index in [1.54, 1.807) is 7.11 Å². The van der Waals surface area contributed by atoms with Gasteiger partial charge in [0.1, 0.15) is 5.65 Å². The summed E-state index contributed by atoms with van der Waals surface area (Å²) in [7, 11) is 3.70. The molecule has 6 heteroatoms. The molecule has 0 bridgehead atoms. The Balaban J connectivity index is 1.49. The molecule has 0 aromatic carbocycles. The standard InChI is InChI=1S/C20H27N5O/c1-25-13-16(11-24-25)19-12-23-20-18(19)9-15(10-22-20)14-3-5-17(6-4-14)21-7-8-26-2/h9-14,17,21H,3-8H2,1-2H3,(H,22,23). The summed E-state index contributed by atoms with van der Waals surface area (Å²) in [5, 5.41) is 9.09. The number of pyridine rings is 1. The molecule has 1 fully saturated rings. The van der Waals surface area contributed by atoms with Gasteiger partial charge in [-0.3, -0.25) is 4.68 Å². The molecule has 26 heavy (non-hydrogen) atoms. The van der Waals surface area contributed by atoms with Crippen LogP contribution in [0.25, 0.3) is 22.2 Å². The number of H-pyrrole nitrogens is 1. The van der Waals surface area contributed by atoms with E-state index < -0.39 is 0 Å². The lowest BCUT2D eigenvalue weighted by atomic mass is 9.82. The molecule has 4 rings (SSSR count). The van der Waals surface area contributed by atoms with Crippen molar-refractivity contribution in [1.82, 2.24) is 25.1 Å². The molecule has 138 valence electrons. The highest BCUT2D eigenvalue weighted by Crippen LogP contribution is 2.35. The molecule has 3 aromatic heterocycles. The zero-order valence-corrected chi connectivity index (χ0v) is 15.5. The Labute approximate surface area is 154 Å². The van der Waals surface area contributed by atoms with Crippen LogP contribution in [-0.4, -0.2) is 46.1 Å². The van der Waals surface area contributed by atoms with Gasteiger partial charge in [0.2, 0.25) is 0 Å². The molecule has 6 nitrogen and oxygen atoms in total. The molecule has 3 aromatic rings. The predicted molar refractivity (Wildman–Crippen MR) is 103 cm³/mol. The van der Waals surface area contributed by atoms with Gasteiger partial charge < -0.3 is 15.0 Å². The van der Waals surface area contributed by atoms with Gasteiger partial charge in [0.25, 0.3) is 0 Å². The maximum Gasteiger partial charge on any atom is 0.137 e. The first-order valence-electron chi connectivity index (χ1n) is 9.43. The first-order valence-corrected chi connectivity index (χ1v) is 9.43. The topological polar surface area (TPSA) is 67.8 Å². The molecule has 2 N–H and O–H groups in total. The van der Waals surface area contributed by atoms with E-state index in [4.69, 9.17) is 4.74 Å². The van der Waals surface area contributed by atoms with E-state index in [1.165, 1.54) is 42.2 Å². The van der Waals surface area contributed by atoms with Gasteiger partial charge in [-0.15, -0.1) is 0 Å². The number of aromatic nitrogens is 4. The molecular weight excluding hydrogens is 326 g/mol. The second-order valence-electron chi connectivity index (χ2n) is 7.27. The Morgan fingerprint density at radius 1 is 1.27 bits per heavy atom. The van der Waals surface area contributed by atoms with Crippen LogP contribution in [0.1, 0.15) is 37.2 Å². The van der Waals surface area contributed by atoms with Gasteiger partial charge in [0.15, 0.2) is 0 Å².